The first kappa shape index (κ1) is 28.7. The minimum atomic E-state index is -4.92. The molecule has 0 saturated carbocycles. The molecule has 214 valence electrons. The summed E-state index contributed by atoms with van der Waals surface area (Å²) in [6, 6.07) is -0.582. The van der Waals surface area contributed by atoms with Crippen molar-refractivity contribution < 1.29 is 50.5 Å². The van der Waals surface area contributed by atoms with E-state index < -0.39 is 65.8 Å². The van der Waals surface area contributed by atoms with Crippen LogP contribution in [0.3, 0.4) is 0 Å². The van der Waals surface area contributed by atoms with Gasteiger partial charge < -0.3 is 24.4 Å². The van der Waals surface area contributed by atoms with Crippen molar-refractivity contribution in [3.05, 3.63) is 29.9 Å². The number of amides is 2. The van der Waals surface area contributed by atoms with Crippen molar-refractivity contribution in [3.63, 3.8) is 0 Å². The molecule has 0 radical (unpaired) electrons. The molecule has 2 amide bonds. The van der Waals surface area contributed by atoms with Gasteiger partial charge in [-0.3, -0.25) is 9.59 Å². The number of hydrogen-bond acceptors (Lipinski definition) is 9. The van der Waals surface area contributed by atoms with E-state index in [1.807, 2.05) is 0 Å². The summed E-state index contributed by atoms with van der Waals surface area (Å²) in [4.78, 5) is 34.9. The average molecular weight is 566 g/mol. The van der Waals surface area contributed by atoms with Crippen LogP contribution in [-0.2, 0) is 25.2 Å². The van der Waals surface area contributed by atoms with Gasteiger partial charge in [0.05, 0.1) is 30.5 Å². The van der Waals surface area contributed by atoms with Crippen LogP contribution in [-0.4, -0.2) is 88.6 Å². The summed E-state index contributed by atoms with van der Waals surface area (Å²) in [5, 5.41) is 16.8. The largest absolute Gasteiger partial charge is 0.490 e. The van der Waals surface area contributed by atoms with Crippen molar-refractivity contribution >= 4 is 17.8 Å². The molecule has 0 aromatic carbocycles. The van der Waals surface area contributed by atoms with Gasteiger partial charge in [-0.15, -0.1) is 5.11 Å². The number of carbonyl (C=O) groups excluding carboxylic acids is 2. The van der Waals surface area contributed by atoms with Crippen LogP contribution in [0.15, 0.2) is 34.6 Å². The third-order valence-corrected chi connectivity index (χ3v) is 6.46. The SMILES string of the molecule is C[C@@H](COC1CCN([C@@H]2CCN(c3ncc(C(F)(F)F)cn3)C[C@H]2O)C1=O)OC1=CN=NC(=O)C1C(F)(F)F. The maximum atomic E-state index is 13.2. The maximum absolute atomic E-state index is 13.2. The van der Waals surface area contributed by atoms with E-state index in [9.17, 15) is 41.0 Å². The molecule has 3 aliphatic rings. The number of piperidine rings is 1. The van der Waals surface area contributed by atoms with E-state index in [1.54, 1.807) is 0 Å². The molecule has 17 heteroatoms. The molecule has 1 aromatic rings. The number of aliphatic hydroxyl groups excluding tert-OH is 1. The third kappa shape index (κ3) is 6.46. The van der Waals surface area contributed by atoms with E-state index in [1.165, 1.54) is 16.7 Å². The number of likely N-dealkylation sites (tertiary alicyclic amines) is 1. The van der Waals surface area contributed by atoms with Crippen LogP contribution < -0.4 is 4.90 Å². The normalized spacial score (nSPS) is 27.1. The Balaban J connectivity index is 1.28. The Labute approximate surface area is 217 Å². The molecular formula is C22H24F6N6O5. The molecule has 11 nitrogen and oxygen atoms in total. The first-order chi connectivity index (χ1) is 18.3. The van der Waals surface area contributed by atoms with Crippen LogP contribution in [0.2, 0.25) is 0 Å². The number of anilines is 1. The van der Waals surface area contributed by atoms with Crippen LogP contribution in [0, 0.1) is 5.92 Å². The van der Waals surface area contributed by atoms with Gasteiger partial charge >= 0.3 is 12.4 Å². The highest BCUT2D eigenvalue weighted by Crippen LogP contribution is 2.36. The predicted molar refractivity (Wildman–Crippen MR) is 118 cm³/mol. The second-order valence-electron chi connectivity index (χ2n) is 9.27. The molecule has 0 spiro atoms. The van der Waals surface area contributed by atoms with Crippen molar-refractivity contribution in [1.29, 1.82) is 0 Å². The number of carbonyl (C=O) groups is 2. The number of alkyl halides is 6. The zero-order valence-corrected chi connectivity index (χ0v) is 20.4. The molecule has 3 aliphatic heterocycles. The van der Waals surface area contributed by atoms with E-state index in [0.717, 1.165) is 0 Å². The number of aliphatic hydroxyl groups is 1. The molecule has 39 heavy (non-hydrogen) atoms. The number of β-amino-alcohol motifs (C(OH)–C–C–N with tert-alkyl or cyclic N) is 1. The molecule has 1 aromatic heterocycles. The topological polar surface area (TPSA) is 130 Å². The van der Waals surface area contributed by atoms with Crippen molar-refractivity contribution in [2.75, 3.05) is 31.1 Å². The van der Waals surface area contributed by atoms with Crippen LogP contribution in [0.1, 0.15) is 25.3 Å². The van der Waals surface area contributed by atoms with E-state index in [2.05, 4.69) is 20.2 Å². The van der Waals surface area contributed by atoms with E-state index in [0.29, 0.717) is 25.0 Å². The predicted octanol–water partition coefficient (Wildman–Crippen LogP) is 2.47. The summed E-state index contributed by atoms with van der Waals surface area (Å²) >= 11 is 0. The van der Waals surface area contributed by atoms with E-state index >= 15 is 0 Å². The smallest absolute Gasteiger partial charge is 0.419 e. The first-order valence-corrected chi connectivity index (χ1v) is 11.9. The second kappa shape index (κ2) is 11.0. The fraction of sp³-hybridized carbons (Fsp3) is 0.636. The summed E-state index contributed by atoms with van der Waals surface area (Å²) in [6.07, 6.45) is -9.82. The van der Waals surface area contributed by atoms with E-state index in [4.69, 9.17) is 9.47 Å². The van der Waals surface area contributed by atoms with Crippen molar-refractivity contribution in [3.8, 4) is 0 Å². The highest BCUT2D eigenvalue weighted by Gasteiger charge is 2.50. The standard InChI is InChI=1S/C22H24F6N6O5/c1-11(39-16-8-31-32-18(36)17(16)22(26,27)28)10-38-15-3-5-34(19(15)37)13-2-4-33(9-14(13)35)20-29-6-12(7-30-20)21(23,24)25/h6-8,11,13-15,17,35H,2-5,9-10H2,1H3/t11-,13+,14+,15?,17?/m0/s1. The number of ether oxygens (including phenoxy) is 2. The van der Waals surface area contributed by atoms with Gasteiger partial charge in [0.25, 0.3) is 11.8 Å². The summed E-state index contributed by atoms with van der Waals surface area (Å²) in [7, 11) is 0. The van der Waals surface area contributed by atoms with Crippen LogP contribution in [0.4, 0.5) is 32.3 Å². The number of rotatable bonds is 7. The molecule has 4 heterocycles. The number of azo groups is 1. The molecule has 0 aliphatic carbocycles. The second-order valence-corrected chi connectivity index (χ2v) is 9.27. The summed E-state index contributed by atoms with van der Waals surface area (Å²) in [5.41, 5.74) is -0.996. The Hall–Kier alpha value is -3.34. The Morgan fingerprint density at radius 1 is 1.10 bits per heavy atom. The Kier molecular flexibility index (Phi) is 8.11. The first-order valence-electron chi connectivity index (χ1n) is 11.9. The van der Waals surface area contributed by atoms with Gasteiger partial charge in [0.2, 0.25) is 5.95 Å². The highest BCUT2D eigenvalue weighted by atomic mass is 19.4. The lowest BCUT2D eigenvalue weighted by Crippen LogP contribution is -2.55. The maximum Gasteiger partial charge on any atom is 0.419 e. The Morgan fingerprint density at radius 3 is 2.41 bits per heavy atom. The third-order valence-electron chi connectivity index (χ3n) is 6.46. The lowest BCUT2D eigenvalue weighted by Gasteiger charge is -2.40. The number of aromatic nitrogens is 2. The van der Waals surface area contributed by atoms with Crippen LogP contribution in [0.25, 0.3) is 0 Å². The van der Waals surface area contributed by atoms with Gasteiger partial charge in [-0.1, -0.05) is 0 Å². The fourth-order valence-corrected chi connectivity index (χ4v) is 4.57. The monoisotopic (exact) mass is 566 g/mol. The van der Waals surface area contributed by atoms with Crippen molar-refractivity contribution in [1.82, 2.24) is 14.9 Å². The summed E-state index contributed by atoms with van der Waals surface area (Å²) in [5.74, 6) is -5.18. The van der Waals surface area contributed by atoms with Crippen LogP contribution in [0.5, 0.6) is 0 Å². The lowest BCUT2D eigenvalue weighted by molar-refractivity contribution is -0.183. The van der Waals surface area contributed by atoms with Crippen LogP contribution >= 0.6 is 0 Å². The van der Waals surface area contributed by atoms with Gasteiger partial charge in [-0.05, 0) is 13.3 Å². The van der Waals surface area contributed by atoms with Crippen molar-refractivity contribution in [2.24, 2.45) is 16.1 Å². The van der Waals surface area contributed by atoms with E-state index in [-0.39, 0.29) is 38.6 Å². The summed E-state index contributed by atoms with van der Waals surface area (Å²) < 4.78 is 88.7. The molecular weight excluding hydrogens is 542 g/mol. The lowest BCUT2D eigenvalue weighted by atomic mass is 10.0. The zero-order valence-electron chi connectivity index (χ0n) is 20.4. The molecule has 2 saturated heterocycles. The quantitative estimate of drug-likeness (QED) is 0.499. The molecule has 1 N–H and O–H groups in total. The number of hydrogen-bond donors (Lipinski definition) is 1. The molecule has 4 rings (SSSR count). The van der Waals surface area contributed by atoms with Gasteiger partial charge in [0.15, 0.2) is 5.92 Å². The molecule has 0 bridgehead atoms. The number of nitrogens with zero attached hydrogens (tertiary/aromatic N) is 6. The Morgan fingerprint density at radius 2 is 1.79 bits per heavy atom. The van der Waals surface area contributed by atoms with Crippen molar-refractivity contribution in [2.45, 2.75) is 56.5 Å². The average Bonchev–Trinajstić information content (AvgIpc) is 3.21. The minimum Gasteiger partial charge on any atom is -0.490 e. The van der Waals surface area contributed by atoms with Gasteiger partial charge in [-0.25, -0.2) is 9.97 Å². The van der Waals surface area contributed by atoms with Gasteiger partial charge in [0.1, 0.15) is 18.0 Å². The molecule has 2 fully saturated rings. The number of halogens is 6. The molecule has 5 atom stereocenters. The fourth-order valence-electron chi connectivity index (χ4n) is 4.57. The minimum absolute atomic E-state index is 0.0122. The van der Waals surface area contributed by atoms with Gasteiger partial charge in [-0.2, -0.15) is 31.5 Å². The highest BCUT2D eigenvalue weighted by molar-refractivity contribution is 5.83. The Bertz CT molecular complexity index is 1130. The molecule has 2 unspecified atom stereocenters. The van der Waals surface area contributed by atoms with Gasteiger partial charge in [0, 0.05) is 38.4 Å². The summed E-state index contributed by atoms with van der Waals surface area (Å²) in [6.45, 7) is 1.67. The zero-order chi connectivity index (χ0) is 28.5.